The fourth-order valence-electron chi connectivity index (χ4n) is 0.912. The number of benzene rings is 1. The first-order valence-corrected chi connectivity index (χ1v) is 5.23. The Morgan fingerprint density at radius 3 is 2.92 bits per heavy atom. The van der Waals surface area contributed by atoms with Crippen LogP contribution in [0.1, 0.15) is 13.3 Å². The van der Waals surface area contributed by atoms with Gasteiger partial charge in [-0.1, -0.05) is 6.07 Å². The van der Waals surface area contributed by atoms with Crippen LogP contribution < -0.4 is 0 Å². The summed E-state index contributed by atoms with van der Waals surface area (Å²) in [4.78, 5) is 0.987. The molecule has 0 aliphatic carbocycles. The third-order valence-electron chi connectivity index (χ3n) is 1.60. The Kier molecular flexibility index (Phi) is 4.09. The molecule has 72 valence electrons. The Hall–Kier alpha value is -0.700. The van der Waals surface area contributed by atoms with E-state index in [1.807, 2.05) is 6.07 Å². The first kappa shape index (κ1) is 10.4. The van der Waals surface area contributed by atoms with Crippen LogP contribution in [0.3, 0.4) is 0 Å². The first-order valence-electron chi connectivity index (χ1n) is 4.24. The fraction of sp³-hybridized carbons (Fsp3) is 0.400. The molecule has 0 heterocycles. The molecule has 1 atom stereocenters. The van der Waals surface area contributed by atoms with E-state index < -0.39 is 6.17 Å². The maximum atomic E-state index is 12.4. The smallest absolute Gasteiger partial charge is 0.116 e. The number of phenols is 1. The molecular weight excluding hydrogens is 187 g/mol. The lowest BCUT2D eigenvalue weighted by Crippen LogP contribution is -1.93. The van der Waals surface area contributed by atoms with Gasteiger partial charge >= 0.3 is 0 Å². The summed E-state index contributed by atoms with van der Waals surface area (Å²) >= 11 is 1.56. The lowest BCUT2D eigenvalue weighted by Gasteiger charge is -2.02. The van der Waals surface area contributed by atoms with E-state index in [4.69, 9.17) is 5.11 Å². The predicted octanol–water partition coefficient (Wildman–Crippen LogP) is 3.23. The molecule has 0 saturated carbocycles. The van der Waals surface area contributed by atoms with Gasteiger partial charge in [-0.15, -0.1) is 11.8 Å². The van der Waals surface area contributed by atoms with Crippen molar-refractivity contribution in [1.29, 1.82) is 0 Å². The van der Waals surface area contributed by atoms with Gasteiger partial charge in [-0.2, -0.15) is 0 Å². The average Bonchev–Trinajstić information content (AvgIpc) is 2.03. The highest BCUT2D eigenvalue weighted by atomic mass is 32.2. The molecule has 13 heavy (non-hydrogen) atoms. The molecule has 0 spiro atoms. The summed E-state index contributed by atoms with van der Waals surface area (Å²) in [5.74, 6) is 1.01. The molecule has 0 saturated heterocycles. The zero-order valence-electron chi connectivity index (χ0n) is 7.53. The van der Waals surface area contributed by atoms with Gasteiger partial charge in [-0.05, 0) is 31.5 Å². The van der Waals surface area contributed by atoms with Crippen molar-refractivity contribution in [3.63, 3.8) is 0 Å². The van der Waals surface area contributed by atoms with E-state index in [1.54, 1.807) is 36.9 Å². The Labute approximate surface area is 82.0 Å². The van der Waals surface area contributed by atoms with Gasteiger partial charge in [0.15, 0.2) is 0 Å². The second-order valence-electron chi connectivity index (χ2n) is 2.92. The molecule has 0 amide bonds. The van der Waals surface area contributed by atoms with Gasteiger partial charge in [-0.3, -0.25) is 0 Å². The minimum absolute atomic E-state index is 0.262. The van der Waals surface area contributed by atoms with Crippen molar-refractivity contribution >= 4 is 11.8 Å². The highest BCUT2D eigenvalue weighted by Gasteiger charge is 1.99. The molecule has 3 heteroatoms. The third-order valence-corrected chi connectivity index (χ3v) is 2.63. The number of hydrogen-bond acceptors (Lipinski definition) is 2. The molecule has 1 nitrogen and oxygen atoms in total. The third kappa shape index (κ3) is 4.18. The highest BCUT2D eigenvalue weighted by Crippen LogP contribution is 2.23. The van der Waals surface area contributed by atoms with Gasteiger partial charge in [0.2, 0.25) is 0 Å². The summed E-state index contributed by atoms with van der Waals surface area (Å²) in [6.07, 6.45) is -0.190. The SMILES string of the molecule is CC(F)CCSc1cccc(O)c1. The van der Waals surface area contributed by atoms with Crippen LogP contribution >= 0.6 is 11.8 Å². The van der Waals surface area contributed by atoms with E-state index in [1.165, 1.54) is 0 Å². The summed E-state index contributed by atoms with van der Waals surface area (Å²) in [7, 11) is 0. The number of alkyl halides is 1. The van der Waals surface area contributed by atoms with E-state index in [2.05, 4.69) is 0 Å². The van der Waals surface area contributed by atoms with Crippen LogP contribution in [0.25, 0.3) is 0 Å². The molecule has 1 aromatic rings. The van der Waals surface area contributed by atoms with Gasteiger partial charge in [0.05, 0.1) is 6.17 Å². The minimum atomic E-state index is -0.746. The van der Waals surface area contributed by atoms with Crippen molar-refractivity contribution < 1.29 is 9.50 Å². The van der Waals surface area contributed by atoms with Crippen LogP contribution in [0, 0.1) is 0 Å². The van der Waals surface area contributed by atoms with Gasteiger partial charge < -0.3 is 5.11 Å². The topological polar surface area (TPSA) is 20.2 Å². The van der Waals surface area contributed by atoms with Crippen molar-refractivity contribution in [3.8, 4) is 5.75 Å². The summed E-state index contributed by atoms with van der Waals surface area (Å²) in [5, 5.41) is 9.13. The average molecular weight is 200 g/mol. The lowest BCUT2D eigenvalue weighted by molar-refractivity contribution is 0.355. The van der Waals surface area contributed by atoms with Crippen molar-refractivity contribution in [1.82, 2.24) is 0 Å². The Bertz CT molecular complexity index is 263. The number of hydrogen-bond donors (Lipinski definition) is 1. The highest BCUT2D eigenvalue weighted by molar-refractivity contribution is 7.99. The molecule has 0 bridgehead atoms. The largest absolute Gasteiger partial charge is 0.508 e. The van der Waals surface area contributed by atoms with Gasteiger partial charge in [0, 0.05) is 10.6 Å². The summed E-state index contributed by atoms with van der Waals surface area (Å²) < 4.78 is 12.4. The van der Waals surface area contributed by atoms with Crippen LogP contribution in [0.4, 0.5) is 4.39 Å². The quantitative estimate of drug-likeness (QED) is 0.753. The van der Waals surface area contributed by atoms with Gasteiger partial charge in [0.25, 0.3) is 0 Å². The van der Waals surface area contributed by atoms with E-state index in [0.717, 1.165) is 10.6 Å². The molecule has 1 aromatic carbocycles. The molecule has 0 aliphatic heterocycles. The second kappa shape index (κ2) is 5.12. The number of aromatic hydroxyl groups is 1. The summed E-state index contributed by atoms with van der Waals surface area (Å²) in [6.45, 7) is 1.56. The molecule has 0 aliphatic rings. The van der Waals surface area contributed by atoms with Crippen LogP contribution in [0.2, 0.25) is 0 Å². The van der Waals surface area contributed by atoms with Crippen molar-refractivity contribution in [2.45, 2.75) is 24.4 Å². The number of thioether (sulfide) groups is 1. The molecule has 0 radical (unpaired) electrons. The van der Waals surface area contributed by atoms with Crippen LogP contribution in [0.5, 0.6) is 5.75 Å². The van der Waals surface area contributed by atoms with Crippen LogP contribution in [-0.4, -0.2) is 17.0 Å². The van der Waals surface area contributed by atoms with Gasteiger partial charge in [0.1, 0.15) is 5.75 Å². The maximum absolute atomic E-state index is 12.4. The predicted molar refractivity (Wildman–Crippen MR) is 54.0 cm³/mol. The van der Waals surface area contributed by atoms with Gasteiger partial charge in [-0.25, -0.2) is 4.39 Å². The maximum Gasteiger partial charge on any atom is 0.116 e. The van der Waals surface area contributed by atoms with Crippen molar-refractivity contribution in [2.24, 2.45) is 0 Å². The fourth-order valence-corrected chi connectivity index (χ4v) is 1.97. The number of rotatable bonds is 4. The zero-order chi connectivity index (χ0) is 9.68. The Morgan fingerprint density at radius 2 is 2.31 bits per heavy atom. The molecular formula is C10H13FOS. The van der Waals surface area contributed by atoms with E-state index >= 15 is 0 Å². The number of halogens is 1. The van der Waals surface area contributed by atoms with Crippen molar-refractivity contribution in [3.05, 3.63) is 24.3 Å². The summed E-state index contributed by atoms with van der Waals surface area (Å²) in [6, 6.07) is 7.01. The van der Waals surface area contributed by atoms with Crippen LogP contribution in [-0.2, 0) is 0 Å². The molecule has 0 aromatic heterocycles. The Balaban J connectivity index is 2.37. The van der Waals surface area contributed by atoms with Crippen molar-refractivity contribution in [2.75, 3.05) is 5.75 Å². The standard InChI is InChI=1S/C10H13FOS/c1-8(11)5-6-13-10-4-2-3-9(12)7-10/h2-4,7-8,12H,5-6H2,1H3. The normalized spacial score (nSPS) is 12.8. The van der Waals surface area contributed by atoms with E-state index in [9.17, 15) is 4.39 Å². The first-order chi connectivity index (χ1) is 6.18. The second-order valence-corrected chi connectivity index (χ2v) is 4.08. The molecule has 0 fully saturated rings. The minimum Gasteiger partial charge on any atom is -0.508 e. The number of phenolic OH excluding ortho intramolecular Hbond substituents is 1. The Morgan fingerprint density at radius 1 is 1.54 bits per heavy atom. The van der Waals surface area contributed by atoms with Crippen LogP contribution in [0.15, 0.2) is 29.2 Å². The lowest BCUT2D eigenvalue weighted by atomic mass is 10.3. The van der Waals surface area contributed by atoms with E-state index in [0.29, 0.717) is 6.42 Å². The molecule has 1 rings (SSSR count). The molecule has 1 N–H and O–H groups in total. The summed E-state index contributed by atoms with van der Waals surface area (Å²) in [5.41, 5.74) is 0. The van der Waals surface area contributed by atoms with E-state index in [-0.39, 0.29) is 5.75 Å². The monoisotopic (exact) mass is 200 g/mol. The zero-order valence-corrected chi connectivity index (χ0v) is 8.35. The molecule has 1 unspecified atom stereocenters.